The number of aliphatic carboxylic acids is 1. The second kappa shape index (κ2) is 7.60. The van der Waals surface area contributed by atoms with Crippen molar-refractivity contribution in [3.8, 4) is 16.9 Å². The molecule has 0 atom stereocenters. The molecule has 1 heterocycles. The van der Waals surface area contributed by atoms with Gasteiger partial charge in [0.05, 0.1) is 42.7 Å². The van der Waals surface area contributed by atoms with Crippen molar-refractivity contribution >= 4 is 34.6 Å². The lowest BCUT2D eigenvalue weighted by molar-refractivity contribution is -0.136. The summed E-state index contributed by atoms with van der Waals surface area (Å²) >= 11 is 0. The number of carboxylic acid groups (broad SMARTS) is 1. The van der Waals surface area contributed by atoms with Gasteiger partial charge in [-0.15, -0.1) is 0 Å². The Morgan fingerprint density at radius 2 is 1.77 bits per heavy atom. The molecule has 7 heteroatoms. The van der Waals surface area contributed by atoms with E-state index in [1.54, 1.807) is 36.4 Å². The summed E-state index contributed by atoms with van der Waals surface area (Å²) in [6.45, 7) is 7.21. The van der Waals surface area contributed by atoms with Crippen molar-refractivity contribution < 1.29 is 19.4 Å². The van der Waals surface area contributed by atoms with Gasteiger partial charge < -0.3 is 20.5 Å². The van der Waals surface area contributed by atoms with Gasteiger partial charge in [-0.1, -0.05) is 24.3 Å². The summed E-state index contributed by atoms with van der Waals surface area (Å²) in [5, 5.41) is 15.1. The lowest BCUT2D eigenvalue weighted by Gasteiger charge is -2.12. The van der Waals surface area contributed by atoms with Crippen molar-refractivity contribution in [2.75, 3.05) is 17.7 Å². The lowest BCUT2D eigenvalue weighted by atomic mass is 10.0. The molecule has 0 bridgehead atoms. The van der Waals surface area contributed by atoms with Crippen molar-refractivity contribution in [2.24, 2.45) is 0 Å². The van der Waals surface area contributed by atoms with Crippen molar-refractivity contribution in [2.45, 2.75) is 6.42 Å². The summed E-state index contributed by atoms with van der Waals surface area (Å²) in [7, 11) is 1.52. The van der Waals surface area contributed by atoms with Gasteiger partial charge in [0.2, 0.25) is 5.69 Å². The molecule has 0 unspecified atom stereocenters. The number of carbonyl (C=O) groups excluding carboxylic acids is 1. The molecule has 7 nitrogen and oxygen atoms in total. The van der Waals surface area contributed by atoms with E-state index < -0.39 is 5.97 Å². The number of rotatable bonds is 4. The first kappa shape index (κ1) is 19.0. The van der Waals surface area contributed by atoms with Crippen LogP contribution in [0.5, 0.6) is 5.75 Å². The van der Waals surface area contributed by atoms with E-state index >= 15 is 0 Å². The maximum Gasteiger partial charge on any atom is 0.307 e. The third kappa shape index (κ3) is 3.54. The van der Waals surface area contributed by atoms with Crippen molar-refractivity contribution in [1.82, 2.24) is 0 Å². The van der Waals surface area contributed by atoms with Gasteiger partial charge in [-0.25, -0.2) is 4.85 Å². The first-order valence-electron chi connectivity index (χ1n) is 9.11. The number of nitrogens with zero attached hydrogens (tertiary/aromatic N) is 1. The summed E-state index contributed by atoms with van der Waals surface area (Å²) in [5.41, 5.74) is 5.04. The van der Waals surface area contributed by atoms with E-state index in [-0.39, 0.29) is 12.3 Å². The predicted molar refractivity (Wildman–Crippen MR) is 114 cm³/mol. The summed E-state index contributed by atoms with van der Waals surface area (Å²) in [6.07, 6.45) is -0.122. The molecule has 3 N–H and O–H groups in total. The van der Waals surface area contributed by atoms with Crippen LogP contribution in [0.15, 0.2) is 54.6 Å². The Kier molecular flexibility index (Phi) is 4.82. The molecule has 0 fully saturated rings. The second-order valence-corrected chi connectivity index (χ2v) is 6.79. The Hall–Kier alpha value is -4.31. The molecule has 148 valence electrons. The number of carbonyl (C=O) groups is 2. The average molecular weight is 399 g/mol. The Bertz CT molecular complexity index is 1230. The maximum absolute atomic E-state index is 12.7. The van der Waals surface area contributed by atoms with Crippen LogP contribution >= 0.6 is 0 Å². The highest BCUT2D eigenvalue weighted by Crippen LogP contribution is 2.37. The third-order valence-corrected chi connectivity index (χ3v) is 4.85. The monoisotopic (exact) mass is 399 g/mol. The number of hydrogen-bond donors (Lipinski definition) is 3. The average Bonchev–Trinajstić information content (AvgIpc) is 2.87. The Balaban J connectivity index is 1.73. The zero-order valence-corrected chi connectivity index (χ0v) is 16.0. The van der Waals surface area contributed by atoms with Gasteiger partial charge in [-0.3, -0.25) is 9.59 Å². The zero-order valence-electron chi connectivity index (χ0n) is 16.0. The van der Waals surface area contributed by atoms with Crippen LogP contribution in [0.4, 0.5) is 22.7 Å². The van der Waals surface area contributed by atoms with E-state index in [0.717, 1.165) is 11.1 Å². The largest absolute Gasteiger partial charge is 0.508 e. The second-order valence-electron chi connectivity index (χ2n) is 6.79. The summed E-state index contributed by atoms with van der Waals surface area (Å²) in [5.74, 6) is -0.730. The van der Waals surface area contributed by atoms with E-state index in [4.69, 9.17) is 16.4 Å². The van der Waals surface area contributed by atoms with Gasteiger partial charge in [-0.05, 0) is 47.0 Å². The van der Waals surface area contributed by atoms with Crippen LogP contribution in [-0.2, 0) is 11.2 Å². The van der Waals surface area contributed by atoms with Gasteiger partial charge in [0.15, 0.2) is 0 Å². The van der Waals surface area contributed by atoms with Crippen molar-refractivity contribution in [3.63, 3.8) is 0 Å². The fourth-order valence-corrected chi connectivity index (χ4v) is 3.40. The number of nitrogens with one attached hydrogen (secondary N) is 2. The molecule has 4 rings (SSSR count). The number of carboxylic acids is 1. The van der Waals surface area contributed by atoms with Crippen LogP contribution in [0, 0.1) is 6.57 Å². The van der Waals surface area contributed by atoms with Gasteiger partial charge in [-0.2, -0.15) is 0 Å². The number of hydrogen-bond acceptors (Lipinski definition) is 4. The van der Waals surface area contributed by atoms with E-state index in [2.05, 4.69) is 15.5 Å². The molecular formula is C23H17N3O4. The van der Waals surface area contributed by atoms with Gasteiger partial charge in [0.25, 0.3) is 5.91 Å². The van der Waals surface area contributed by atoms with E-state index in [9.17, 15) is 9.59 Å². The molecule has 30 heavy (non-hydrogen) atoms. The van der Waals surface area contributed by atoms with Gasteiger partial charge >= 0.3 is 5.97 Å². The SMILES string of the molecule is [C-]#[N+]c1ccc(-c2ccc3c(c2)Nc2ccc(CC(=O)O)cc2NC3=O)cc1OC. The molecule has 0 radical (unpaired) electrons. The highest BCUT2D eigenvalue weighted by atomic mass is 16.5. The number of ether oxygens (including phenoxy) is 1. The normalized spacial score (nSPS) is 11.8. The molecule has 0 saturated carbocycles. The van der Waals surface area contributed by atoms with Crippen LogP contribution in [0.25, 0.3) is 16.0 Å². The number of amides is 1. The van der Waals surface area contributed by atoms with Crippen LogP contribution in [0.1, 0.15) is 15.9 Å². The van der Waals surface area contributed by atoms with E-state index in [1.807, 2.05) is 18.2 Å². The number of benzene rings is 3. The van der Waals surface area contributed by atoms with Gasteiger partial charge in [0.1, 0.15) is 5.75 Å². The fraction of sp³-hybridized carbons (Fsp3) is 0.0870. The first-order chi connectivity index (χ1) is 14.5. The first-order valence-corrected chi connectivity index (χ1v) is 9.11. The molecular weight excluding hydrogens is 382 g/mol. The molecule has 1 amide bonds. The van der Waals surface area contributed by atoms with E-state index in [0.29, 0.717) is 39.6 Å². The lowest BCUT2D eigenvalue weighted by Crippen LogP contribution is -2.11. The molecule has 0 aromatic heterocycles. The summed E-state index contributed by atoms with van der Waals surface area (Å²) in [6, 6.07) is 15.9. The van der Waals surface area contributed by atoms with Crippen LogP contribution in [0.3, 0.4) is 0 Å². The zero-order chi connectivity index (χ0) is 21.3. The van der Waals surface area contributed by atoms with Crippen molar-refractivity contribution in [1.29, 1.82) is 0 Å². The number of anilines is 3. The number of methoxy groups -OCH3 is 1. The minimum atomic E-state index is -0.935. The Labute approximate surface area is 172 Å². The summed E-state index contributed by atoms with van der Waals surface area (Å²) < 4.78 is 5.30. The fourth-order valence-electron chi connectivity index (χ4n) is 3.40. The Morgan fingerprint density at radius 3 is 2.50 bits per heavy atom. The minimum absolute atomic E-state index is 0.122. The van der Waals surface area contributed by atoms with Crippen LogP contribution < -0.4 is 15.4 Å². The quantitative estimate of drug-likeness (QED) is 0.546. The highest BCUT2D eigenvalue weighted by molar-refractivity contribution is 6.12. The van der Waals surface area contributed by atoms with Crippen LogP contribution in [0.2, 0.25) is 0 Å². The molecule has 0 aliphatic carbocycles. The standard InChI is InChI=1S/C23H17N3O4/c1-24-18-8-5-15(12-21(18)30-2)14-4-6-16-19(11-14)25-17-7-3-13(10-22(27)28)9-20(17)26-23(16)29/h3-9,11-12,25H,10H2,2H3,(H,26,29)(H,27,28). The predicted octanol–water partition coefficient (Wildman–Crippen LogP) is 4.85. The molecule has 0 spiro atoms. The molecule has 3 aromatic rings. The van der Waals surface area contributed by atoms with Crippen molar-refractivity contribution in [3.05, 3.63) is 77.1 Å². The summed E-state index contributed by atoms with van der Waals surface area (Å²) in [4.78, 5) is 27.1. The molecule has 1 aliphatic rings. The molecule has 3 aromatic carbocycles. The highest BCUT2D eigenvalue weighted by Gasteiger charge is 2.20. The minimum Gasteiger partial charge on any atom is -0.508 e. The molecule has 1 aliphatic heterocycles. The topological polar surface area (TPSA) is 92.0 Å². The van der Waals surface area contributed by atoms with Crippen LogP contribution in [-0.4, -0.2) is 24.1 Å². The van der Waals surface area contributed by atoms with E-state index in [1.165, 1.54) is 7.11 Å². The van der Waals surface area contributed by atoms with Gasteiger partial charge in [0, 0.05) is 0 Å². The maximum atomic E-state index is 12.7. The number of fused-ring (bicyclic) bond motifs is 2. The third-order valence-electron chi connectivity index (χ3n) is 4.85. The Morgan fingerprint density at radius 1 is 1.00 bits per heavy atom. The smallest absolute Gasteiger partial charge is 0.307 e. The molecule has 0 saturated heterocycles.